The van der Waals surface area contributed by atoms with Crippen molar-refractivity contribution in [3.8, 4) is 5.75 Å². The fourth-order valence-corrected chi connectivity index (χ4v) is 0.757. The van der Waals surface area contributed by atoms with Gasteiger partial charge in [0.15, 0.2) is 0 Å². The van der Waals surface area contributed by atoms with Crippen LogP contribution >= 0.6 is 0 Å². The summed E-state index contributed by atoms with van der Waals surface area (Å²) < 4.78 is 31.6. The van der Waals surface area contributed by atoms with E-state index in [0.29, 0.717) is 5.69 Å². The summed E-state index contributed by atoms with van der Waals surface area (Å²) in [6, 6.07) is 6.20. The molecule has 0 aliphatic carbocycles. The maximum Gasteiger partial charge on any atom is 0.394 e. The van der Waals surface area contributed by atoms with Crippen molar-refractivity contribution >= 4 is 22.1 Å². The Labute approximate surface area is 97.1 Å². The van der Waals surface area contributed by atoms with Crippen molar-refractivity contribution < 1.29 is 32.5 Å². The number of carbonyl (C=O) groups is 1. The quantitative estimate of drug-likeness (QED) is 0.386. The number of anilines is 1. The van der Waals surface area contributed by atoms with Crippen molar-refractivity contribution in [1.29, 1.82) is 0 Å². The number of phenolic OH excluding ortho intramolecular Hbond substituents is 1. The molecule has 0 spiro atoms. The molecule has 0 amide bonds. The highest BCUT2D eigenvalue weighted by atomic mass is 32.3. The van der Waals surface area contributed by atoms with Gasteiger partial charge in [0, 0.05) is 5.69 Å². The van der Waals surface area contributed by atoms with Crippen LogP contribution in [0.3, 0.4) is 0 Å². The smallest absolute Gasteiger partial charge is 0.394 e. The molecular weight excluding hydrogens is 254 g/mol. The van der Waals surface area contributed by atoms with Crippen LogP contribution in [-0.4, -0.2) is 40.3 Å². The van der Waals surface area contributed by atoms with Gasteiger partial charge in [-0.2, -0.15) is 8.42 Å². The monoisotopic (exact) mass is 265 g/mol. The number of hydrogen-bond donors (Lipinski definition) is 5. The molecule has 96 valence electrons. The van der Waals surface area contributed by atoms with E-state index in [1.807, 2.05) is 0 Å². The number of rotatable bonds is 3. The number of aromatic hydroxyl groups is 1. The van der Waals surface area contributed by atoms with Crippen LogP contribution in [0.1, 0.15) is 0 Å². The van der Waals surface area contributed by atoms with E-state index in [1.54, 1.807) is 12.1 Å². The SMILES string of the molecule is O=C(O)CNc1ccc(O)cc1.O=S(=O)(O)O. The molecule has 0 saturated carbocycles. The molecule has 1 rings (SSSR count). The van der Waals surface area contributed by atoms with E-state index in [2.05, 4.69) is 5.32 Å². The normalized spacial score (nSPS) is 10.0. The molecule has 17 heavy (non-hydrogen) atoms. The summed E-state index contributed by atoms with van der Waals surface area (Å²) in [5.41, 5.74) is 0.676. The van der Waals surface area contributed by atoms with Gasteiger partial charge in [0.05, 0.1) is 0 Å². The van der Waals surface area contributed by atoms with Crippen LogP contribution in [0.4, 0.5) is 5.69 Å². The van der Waals surface area contributed by atoms with Crippen LogP contribution < -0.4 is 5.32 Å². The molecule has 0 unspecified atom stereocenters. The molecule has 0 heterocycles. The van der Waals surface area contributed by atoms with Crippen LogP contribution in [0.5, 0.6) is 5.75 Å². The number of aliphatic carboxylic acids is 1. The van der Waals surface area contributed by atoms with Crippen LogP contribution in [0.15, 0.2) is 24.3 Å². The maximum absolute atomic E-state index is 10.1. The molecule has 9 heteroatoms. The number of carboxylic acid groups (broad SMARTS) is 1. The Balaban J connectivity index is 0.000000437. The minimum Gasteiger partial charge on any atom is -0.508 e. The molecule has 0 aromatic heterocycles. The van der Waals surface area contributed by atoms with Crippen molar-refractivity contribution in [3.63, 3.8) is 0 Å². The fraction of sp³-hybridized carbons (Fsp3) is 0.125. The highest BCUT2D eigenvalue weighted by molar-refractivity contribution is 7.79. The zero-order valence-corrected chi connectivity index (χ0v) is 9.25. The summed E-state index contributed by atoms with van der Waals surface area (Å²) in [5, 5.41) is 19.9. The Kier molecular flexibility index (Phi) is 5.96. The van der Waals surface area contributed by atoms with Gasteiger partial charge in [0.1, 0.15) is 12.3 Å². The lowest BCUT2D eigenvalue weighted by molar-refractivity contribution is -0.134. The minimum atomic E-state index is -4.67. The molecule has 0 atom stereocenters. The van der Waals surface area contributed by atoms with E-state index in [0.717, 1.165) is 0 Å². The van der Waals surface area contributed by atoms with Gasteiger partial charge in [-0.1, -0.05) is 0 Å². The molecular formula is C8H11NO7S. The number of benzene rings is 1. The Morgan fingerprint density at radius 1 is 1.18 bits per heavy atom. The number of carboxylic acids is 1. The van der Waals surface area contributed by atoms with Gasteiger partial charge in [-0.25, -0.2) is 0 Å². The molecule has 0 radical (unpaired) electrons. The molecule has 0 fully saturated rings. The van der Waals surface area contributed by atoms with Gasteiger partial charge in [-0.05, 0) is 24.3 Å². The van der Waals surface area contributed by atoms with Gasteiger partial charge in [-0.15, -0.1) is 0 Å². The lowest BCUT2D eigenvalue weighted by Gasteiger charge is -2.01. The molecule has 0 aliphatic rings. The highest BCUT2D eigenvalue weighted by Gasteiger charge is 1.95. The summed E-state index contributed by atoms with van der Waals surface area (Å²) in [6.45, 7) is -0.120. The van der Waals surface area contributed by atoms with Crippen molar-refractivity contribution in [2.24, 2.45) is 0 Å². The Bertz CT molecular complexity index is 445. The van der Waals surface area contributed by atoms with E-state index in [-0.39, 0.29) is 12.3 Å². The lowest BCUT2D eigenvalue weighted by Crippen LogP contribution is -2.11. The summed E-state index contributed by atoms with van der Waals surface area (Å²) in [4.78, 5) is 10.1. The Morgan fingerprint density at radius 3 is 1.94 bits per heavy atom. The predicted molar refractivity (Wildman–Crippen MR) is 58.4 cm³/mol. The molecule has 0 saturated heterocycles. The predicted octanol–water partition coefficient (Wildman–Crippen LogP) is 0.236. The second kappa shape index (κ2) is 6.68. The van der Waals surface area contributed by atoms with Crippen molar-refractivity contribution in [2.45, 2.75) is 0 Å². The van der Waals surface area contributed by atoms with Crippen molar-refractivity contribution in [2.75, 3.05) is 11.9 Å². The third-order valence-corrected chi connectivity index (χ3v) is 1.31. The zero-order chi connectivity index (χ0) is 13.5. The van der Waals surface area contributed by atoms with Crippen LogP contribution in [0, 0.1) is 0 Å². The molecule has 0 aliphatic heterocycles. The maximum atomic E-state index is 10.1. The molecule has 5 N–H and O–H groups in total. The first-order chi connectivity index (χ1) is 7.68. The van der Waals surface area contributed by atoms with E-state index in [4.69, 9.17) is 27.7 Å². The molecule has 1 aromatic rings. The lowest BCUT2D eigenvalue weighted by atomic mass is 10.3. The molecule has 1 aromatic carbocycles. The van der Waals surface area contributed by atoms with E-state index in [9.17, 15) is 4.79 Å². The fourth-order valence-electron chi connectivity index (χ4n) is 0.757. The summed E-state index contributed by atoms with van der Waals surface area (Å²) in [6.07, 6.45) is 0. The first-order valence-corrected chi connectivity index (χ1v) is 5.53. The standard InChI is InChI=1S/C8H9NO3.H2O4S/c10-7-3-1-6(2-4-7)9-5-8(11)12;1-5(2,3)4/h1-4,9-10H,5H2,(H,11,12);(H2,1,2,3,4). The second-order valence-corrected chi connectivity index (χ2v) is 3.64. The van der Waals surface area contributed by atoms with Crippen LogP contribution in [0.2, 0.25) is 0 Å². The first-order valence-electron chi connectivity index (χ1n) is 4.13. The average Bonchev–Trinajstić information content (AvgIpc) is 2.14. The van der Waals surface area contributed by atoms with Crippen molar-refractivity contribution in [1.82, 2.24) is 0 Å². The minimum absolute atomic E-state index is 0.120. The average molecular weight is 265 g/mol. The second-order valence-electron chi connectivity index (χ2n) is 2.74. The highest BCUT2D eigenvalue weighted by Crippen LogP contribution is 2.12. The van der Waals surface area contributed by atoms with Gasteiger partial charge >= 0.3 is 16.4 Å². The summed E-state index contributed by atoms with van der Waals surface area (Å²) in [5.74, 6) is -0.751. The van der Waals surface area contributed by atoms with E-state index < -0.39 is 16.4 Å². The summed E-state index contributed by atoms with van der Waals surface area (Å²) in [7, 11) is -4.67. The molecule has 0 bridgehead atoms. The third-order valence-electron chi connectivity index (χ3n) is 1.31. The van der Waals surface area contributed by atoms with Crippen molar-refractivity contribution in [3.05, 3.63) is 24.3 Å². The Morgan fingerprint density at radius 2 is 1.59 bits per heavy atom. The van der Waals surface area contributed by atoms with Gasteiger partial charge in [0.2, 0.25) is 0 Å². The first kappa shape index (κ1) is 15.2. The summed E-state index contributed by atoms with van der Waals surface area (Å²) >= 11 is 0. The van der Waals surface area contributed by atoms with Crippen LogP contribution in [-0.2, 0) is 15.2 Å². The van der Waals surface area contributed by atoms with Crippen LogP contribution in [0.25, 0.3) is 0 Å². The van der Waals surface area contributed by atoms with Gasteiger partial charge in [-0.3, -0.25) is 13.9 Å². The third kappa shape index (κ3) is 12.1. The Hall–Kier alpha value is -1.84. The van der Waals surface area contributed by atoms with Gasteiger partial charge in [0.25, 0.3) is 0 Å². The zero-order valence-electron chi connectivity index (χ0n) is 8.44. The van der Waals surface area contributed by atoms with E-state index >= 15 is 0 Å². The largest absolute Gasteiger partial charge is 0.508 e. The number of nitrogens with one attached hydrogen (secondary N) is 1. The topological polar surface area (TPSA) is 144 Å². The van der Waals surface area contributed by atoms with Gasteiger partial charge < -0.3 is 15.5 Å². The number of hydrogen-bond acceptors (Lipinski definition) is 5. The number of phenols is 1. The van der Waals surface area contributed by atoms with E-state index in [1.165, 1.54) is 12.1 Å². The molecule has 8 nitrogen and oxygen atoms in total.